The summed E-state index contributed by atoms with van der Waals surface area (Å²) in [5.74, 6) is -0.405. The molecule has 1 N–H and O–H groups in total. The van der Waals surface area contributed by atoms with Crippen LogP contribution in [0.1, 0.15) is 32.8 Å². The summed E-state index contributed by atoms with van der Waals surface area (Å²) in [7, 11) is 0. The molecular weight excluding hydrogens is 283 g/mol. The second-order valence-corrected chi connectivity index (χ2v) is 5.93. The summed E-state index contributed by atoms with van der Waals surface area (Å²) < 4.78 is 14.0. The van der Waals surface area contributed by atoms with Gasteiger partial charge in [0.25, 0.3) is 0 Å². The Labute approximate surface area is 110 Å². The number of hydrogen-bond donors (Lipinski definition) is 1. The van der Waals surface area contributed by atoms with Gasteiger partial charge in [-0.15, -0.1) is 0 Å². The molecule has 0 spiro atoms. The minimum absolute atomic E-state index is 0.216. The van der Waals surface area contributed by atoms with Gasteiger partial charge in [0.2, 0.25) is 0 Å². The molecule has 1 aromatic rings. The third kappa shape index (κ3) is 4.01. The van der Waals surface area contributed by atoms with Crippen LogP contribution in [0.5, 0.6) is 0 Å². The molecule has 0 saturated heterocycles. The molecule has 0 aliphatic carbocycles. The van der Waals surface area contributed by atoms with Crippen molar-refractivity contribution < 1.29 is 4.39 Å². The van der Waals surface area contributed by atoms with Gasteiger partial charge in [-0.05, 0) is 39.9 Å². The van der Waals surface area contributed by atoms with Gasteiger partial charge in [-0.2, -0.15) is 5.26 Å². The van der Waals surface area contributed by atoms with Crippen LogP contribution in [0.15, 0.2) is 16.6 Å². The molecule has 0 fully saturated rings. The summed E-state index contributed by atoms with van der Waals surface area (Å²) in [6, 6.07) is 5.13. The van der Waals surface area contributed by atoms with E-state index < -0.39 is 5.82 Å². The molecule has 0 amide bonds. The average molecular weight is 299 g/mol. The van der Waals surface area contributed by atoms with Gasteiger partial charge < -0.3 is 5.32 Å². The molecule has 1 rings (SSSR count). The molecule has 92 valence electrons. The van der Waals surface area contributed by atoms with Gasteiger partial charge in [-0.1, -0.05) is 20.8 Å². The predicted molar refractivity (Wildman–Crippen MR) is 71.4 cm³/mol. The molecular formula is C13H16BrFN2. The van der Waals surface area contributed by atoms with Gasteiger partial charge in [-0.3, -0.25) is 0 Å². The van der Waals surface area contributed by atoms with Crippen LogP contribution in [0.2, 0.25) is 0 Å². The van der Waals surface area contributed by atoms with Crippen LogP contribution in [0.3, 0.4) is 0 Å². The maximum absolute atomic E-state index is 13.8. The summed E-state index contributed by atoms with van der Waals surface area (Å²) >= 11 is 3.09. The Hall–Kier alpha value is -1.08. The molecule has 4 heteroatoms. The van der Waals surface area contributed by atoms with E-state index in [0.717, 1.165) is 6.42 Å². The van der Waals surface area contributed by atoms with Crippen molar-refractivity contribution in [2.24, 2.45) is 5.41 Å². The summed E-state index contributed by atoms with van der Waals surface area (Å²) in [6.45, 7) is 7.12. The van der Waals surface area contributed by atoms with Crippen molar-refractivity contribution >= 4 is 21.6 Å². The van der Waals surface area contributed by atoms with Crippen molar-refractivity contribution in [3.63, 3.8) is 0 Å². The summed E-state index contributed by atoms with van der Waals surface area (Å²) in [5, 5.41) is 11.8. The smallest absolute Gasteiger partial charge is 0.161 e. The highest BCUT2D eigenvalue weighted by Gasteiger charge is 2.13. The van der Waals surface area contributed by atoms with Gasteiger partial charge in [-0.25, -0.2) is 4.39 Å². The largest absolute Gasteiger partial charge is 0.383 e. The van der Waals surface area contributed by atoms with E-state index in [1.165, 1.54) is 0 Å². The lowest BCUT2D eigenvalue weighted by atomic mass is 9.92. The molecule has 2 nitrogen and oxygen atoms in total. The summed E-state index contributed by atoms with van der Waals surface area (Å²) in [4.78, 5) is 0. The first-order chi connectivity index (χ1) is 7.85. The SMILES string of the molecule is CC(C)(C)CCNc1ccc(C#N)c(Br)c1F. The van der Waals surface area contributed by atoms with Crippen LogP contribution in [0, 0.1) is 22.6 Å². The molecule has 0 heterocycles. The lowest BCUT2D eigenvalue weighted by Crippen LogP contribution is -2.13. The third-order valence-corrected chi connectivity index (χ3v) is 3.17. The Bertz CT molecular complexity index is 444. The number of nitrogens with zero attached hydrogens (tertiary/aromatic N) is 1. The van der Waals surface area contributed by atoms with E-state index >= 15 is 0 Å². The van der Waals surface area contributed by atoms with E-state index in [4.69, 9.17) is 5.26 Å². The minimum Gasteiger partial charge on any atom is -0.383 e. The molecule has 0 atom stereocenters. The van der Waals surface area contributed by atoms with Crippen LogP contribution in [0.4, 0.5) is 10.1 Å². The topological polar surface area (TPSA) is 35.8 Å². The van der Waals surface area contributed by atoms with Crippen LogP contribution in [-0.4, -0.2) is 6.54 Å². The van der Waals surface area contributed by atoms with Crippen molar-refractivity contribution in [1.82, 2.24) is 0 Å². The number of nitrogens with one attached hydrogen (secondary N) is 1. The second-order valence-electron chi connectivity index (χ2n) is 5.14. The molecule has 0 unspecified atom stereocenters. The van der Waals surface area contributed by atoms with Gasteiger partial charge >= 0.3 is 0 Å². The fourth-order valence-electron chi connectivity index (χ4n) is 1.34. The van der Waals surface area contributed by atoms with Crippen molar-refractivity contribution in [1.29, 1.82) is 5.26 Å². The molecule has 1 aromatic carbocycles. The Morgan fingerprint density at radius 1 is 1.41 bits per heavy atom. The monoisotopic (exact) mass is 298 g/mol. The highest BCUT2D eigenvalue weighted by atomic mass is 79.9. The number of halogens is 2. The average Bonchev–Trinajstić information content (AvgIpc) is 2.23. The van der Waals surface area contributed by atoms with Crippen molar-refractivity contribution in [2.75, 3.05) is 11.9 Å². The van der Waals surface area contributed by atoms with Gasteiger partial charge in [0, 0.05) is 6.54 Å². The highest BCUT2D eigenvalue weighted by Crippen LogP contribution is 2.27. The Kier molecular flexibility index (Phi) is 4.53. The number of rotatable bonds is 3. The fraction of sp³-hybridized carbons (Fsp3) is 0.462. The quantitative estimate of drug-likeness (QED) is 0.903. The van der Waals surface area contributed by atoms with E-state index in [1.54, 1.807) is 12.1 Å². The van der Waals surface area contributed by atoms with Crippen LogP contribution >= 0.6 is 15.9 Å². The zero-order chi connectivity index (χ0) is 13.1. The van der Waals surface area contributed by atoms with E-state index in [-0.39, 0.29) is 9.89 Å². The van der Waals surface area contributed by atoms with Gasteiger partial charge in [0.05, 0.1) is 15.7 Å². The van der Waals surface area contributed by atoms with Crippen LogP contribution in [0.25, 0.3) is 0 Å². The maximum atomic E-state index is 13.8. The van der Waals surface area contributed by atoms with Crippen LogP contribution in [-0.2, 0) is 0 Å². The summed E-state index contributed by atoms with van der Waals surface area (Å²) in [5.41, 5.74) is 0.955. The molecule has 0 bridgehead atoms. The van der Waals surface area contributed by atoms with E-state index in [0.29, 0.717) is 17.8 Å². The molecule has 0 aliphatic heterocycles. The first kappa shape index (κ1) is 14.0. The maximum Gasteiger partial charge on any atom is 0.161 e. The molecule has 0 aliphatic rings. The number of benzene rings is 1. The van der Waals surface area contributed by atoms with Gasteiger partial charge in [0.1, 0.15) is 6.07 Å². The number of hydrogen-bond acceptors (Lipinski definition) is 2. The standard InChI is InChI=1S/C13H16BrFN2/c1-13(2,3)6-7-17-10-5-4-9(8-16)11(14)12(10)15/h4-5,17H,6-7H2,1-3H3. The van der Waals surface area contributed by atoms with E-state index in [9.17, 15) is 4.39 Å². The lowest BCUT2D eigenvalue weighted by molar-refractivity contribution is 0.389. The summed E-state index contributed by atoms with van der Waals surface area (Å²) in [6.07, 6.45) is 0.948. The predicted octanol–water partition coefficient (Wildman–Crippen LogP) is 4.31. The normalized spacial score (nSPS) is 11.1. The molecule has 0 radical (unpaired) electrons. The van der Waals surface area contributed by atoms with Crippen LogP contribution < -0.4 is 5.32 Å². The Morgan fingerprint density at radius 3 is 2.59 bits per heavy atom. The lowest BCUT2D eigenvalue weighted by Gasteiger charge is -2.19. The molecule has 0 saturated carbocycles. The minimum atomic E-state index is -0.405. The Balaban J connectivity index is 2.74. The zero-order valence-corrected chi connectivity index (χ0v) is 11.9. The van der Waals surface area contributed by atoms with Crippen molar-refractivity contribution in [3.05, 3.63) is 28.0 Å². The van der Waals surface area contributed by atoms with Crippen molar-refractivity contribution in [2.45, 2.75) is 27.2 Å². The fourth-order valence-corrected chi connectivity index (χ4v) is 1.78. The molecule has 17 heavy (non-hydrogen) atoms. The zero-order valence-electron chi connectivity index (χ0n) is 10.3. The van der Waals surface area contributed by atoms with E-state index in [1.807, 2.05) is 6.07 Å². The first-order valence-corrected chi connectivity index (χ1v) is 6.26. The number of anilines is 1. The molecule has 0 aromatic heterocycles. The second kappa shape index (κ2) is 5.50. The third-order valence-electron chi connectivity index (χ3n) is 2.39. The Morgan fingerprint density at radius 2 is 2.06 bits per heavy atom. The number of nitriles is 1. The van der Waals surface area contributed by atoms with Gasteiger partial charge in [0.15, 0.2) is 5.82 Å². The van der Waals surface area contributed by atoms with E-state index in [2.05, 4.69) is 42.0 Å². The first-order valence-electron chi connectivity index (χ1n) is 5.47. The highest BCUT2D eigenvalue weighted by molar-refractivity contribution is 9.10. The van der Waals surface area contributed by atoms with Crippen molar-refractivity contribution in [3.8, 4) is 6.07 Å².